The fourth-order valence-electron chi connectivity index (χ4n) is 3.83. The van der Waals surface area contributed by atoms with Crippen molar-refractivity contribution in [3.05, 3.63) is 65.2 Å². The summed E-state index contributed by atoms with van der Waals surface area (Å²) in [5.41, 5.74) is 4.86. The normalized spacial score (nSPS) is 23.6. The molecule has 1 fully saturated rings. The topological polar surface area (TPSA) is 44.4 Å². The van der Waals surface area contributed by atoms with Crippen LogP contribution in [0.25, 0.3) is 0 Å². The fraction of sp³-hybridized carbons (Fsp3) is 0.316. The molecule has 2 atom stereocenters. The smallest absolute Gasteiger partial charge is 0.242 e. The highest BCUT2D eigenvalue weighted by Crippen LogP contribution is 2.40. The molecule has 23 heavy (non-hydrogen) atoms. The molecule has 0 aromatic heterocycles. The van der Waals surface area contributed by atoms with E-state index in [1.165, 1.54) is 11.1 Å². The maximum atomic E-state index is 12.4. The van der Waals surface area contributed by atoms with Gasteiger partial charge in [-0.15, -0.1) is 0 Å². The van der Waals surface area contributed by atoms with Crippen LogP contribution in [0.15, 0.2) is 48.5 Å². The molecule has 2 heterocycles. The van der Waals surface area contributed by atoms with Crippen LogP contribution in [0.5, 0.6) is 0 Å². The van der Waals surface area contributed by atoms with E-state index < -0.39 is 0 Å². The lowest BCUT2D eigenvalue weighted by Crippen LogP contribution is -2.53. The highest BCUT2D eigenvalue weighted by Gasteiger charge is 2.39. The molecular formula is C19H21N3O. The van der Waals surface area contributed by atoms with Crippen molar-refractivity contribution in [1.29, 1.82) is 0 Å². The first kappa shape index (κ1) is 14.3. The molecule has 118 valence electrons. The van der Waals surface area contributed by atoms with Gasteiger partial charge >= 0.3 is 0 Å². The molecule has 1 saturated heterocycles. The maximum absolute atomic E-state index is 12.4. The number of carbonyl (C=O) groups excluding carboxylic acids is 1. The molecule has 0 bridgehead atoms. The predicted molar refractivity (Wildman–Crippen MR) is 91.6 cm³/mol. The number of amides is 1. The first-order chi connectivity index (χ1) is 11.3. The van der Waals surface area contributed by atoms with Gasteiger partial charge < -0.3 is 10.6 Å². The molecule has 4 rings (SSSR count). The molecule has 4 nitrogen and oxygen atoms in total. The molecule has 0 radical (unpaired) electrons. The van der Waals surface area contributed by atoms with Gasteiger partial charge in [-0.1, -0.05) is 36.4 Å². The maximum Gasteiger partial charge on any atom is 0.242 e. The number of carbonyl (C=O) groups is 1. The van der Waals surface area contributed by atoms with Crippen molar-refractivity contribution >= 4 is 11.6 Å². The van der Waals surface area contributed by atoms with Crippen LogP contribution >= 0.6 is 0 Å². The van der Waals surface area contributed by atoms with Gasteiger partial charge in [-0.2, -0.15) is 0 Å². The average Bonchev–Trinajstić information content (AvgIpc) is 2.61. The zero-order valence-corrected chi connectivity index (χ0v) is 13.3. The molecule has 4 heteroatoms. The summed E-state index contributed by atoms with van der Waals surface area (Å²) in [6.07, 6.45) is 0. The van der Waals surface area contributed by atoms with Crippen molar-refractivity contribution < 1.29 is 4.79 Å². The quantitative estimate of drug-likeness (QED) is 0.895. The Morgan fingerprint density at radius 1 is 1.09 bits per heavy atom. The summed E-state index contributed by atoms with van der Waals surface area (Å²) in [5, 5.41) is 6.17. The number of nitrogens with one attached hydrogen (secondary N) is 2. The molecule has 0 saturated carbocycles. The number of benzene rings is 2. The number of nitrogens with zero attached hydrogens (tertiary/aromatic N) is 1. The fourth-order valence-corrected chi connectivity index (χ4v) is 3.83. The van der Waals surface area contributed by atoms with Crippen molar-refractivity contribution in [2.24, 2.45) is 0 Å². The van der Waals surface area contributed by atoms with E-state index in [1.807, 2.05) is 13.1 Å². The van der Waals surface area contributed by atoms with E-state index in [1.54, 1.807) is 0 Å². The summed E-state index contributed by atoms with van der Waals surface area (Å²) in [6.45, 7) is 2.55. The van der Waals surface area contributed by atoms with Gasteiger partial charge in [0, 0.05) is 38.3 Å². The first-order valence-corrected chi connectivity index (χ1v) is 8.16. The third kappa shape index (κ3) is 2.39. The van der Waals surface area contributed by atoms with E-state index in [9.17, 15) is 4.79 Å². The van der Waals surface area contributed by atoms with Crippen molar-refractivity contribution in [1.82, 2.24) is 10.2 Å². The summed E-state index contributed by atoms with van der Waals surface area (Å²) in [6, 6.07) is 16.9. The third-order valence-corrected chi connectivity index (χ3v) is 5.00. The molecular weight excluding hydrogens is 286 g/mol. The third-order valence-electron chi connectivity index (χ3n) is 5.00. The van der Waals surface area contributed by atoms with Crippen LogP contribution in [0.3, 0.4) is 0 Å². The minimum absolute atomic E-state index is 0.132. The van der Waals surface area contributed by atoms with E-state index in [-0.39, 0.29) is 11.9 Å². The average molecular weight is 307 g/mol. The Balaban J connectivity index is 1.78. The minimum Gasteiger partial charge on any atom is -0.388 e. The summed E-state index contributed by atoms with van der Waals surface area (Å²) in [5.74, 6) is 0.451. The van der Waals surface area contributed by atoms with Gasteiger partial charge in [-0.25, -0.2) is 0 Å². The van der Waals surface area contributed by atoms with E-state index in [0.29, 0.717) is 5.92 Å². The Kier molecular flexibility index (Phi) is 3.54. The van der Waals surface area contributed by atoms with Gasteiger partial charge in [0.2, 0.25) is 5.91 Å². The minimum atomic E-state index is -0.132. The van der Waals surface area contributed by atoms with Gasteiger partial charge in [0.25, 0.3) is 0 Å². The number of fused-ring (bicyclic) bond motifs is 3. The number of anilines is 1. The molecule has 2 N–H and O–H groups in total. The van der Waals surface area contributed by atoms with Gasteiger partial charge in [0.1, 0.15) is 6.04 Å². The predicted octanol–water partition coefficient (Wildman–Crippen LogP) is 2.35. The molecule has 2 aromatic rings. The van der Waals surface area contributed by atoms with Crippen LogP contribution in [0, 0.1) is 0 Å². The van der Waals surface area contributed by atoms with Crippen LogP contribution in [0.4, 0.5) is 5.69 Å². The molecule has 0 aliphatic carbocycles. The largest absolute Gasteiger partial charge is 0.388 e. The van der Waals surface area contributed by atoms with Crippen LogP contribution < -0.4 is 10.6 Å². The van der Waals surface area contributed by atoms with E-state index in [0.717, 1.165) is 30.9 Å². The standard InChI is InChI=1S/C19H21N3O/c1-20-14-8-6-13(7-9-14)17-12-22-11-10-21-19(23)18(22)16-5-3-2-4-15(16)17/h2-9,17-18,20H,10-12H2,1H3,(H,21,23)/t17-,18-/m0/s1. The lowest BCUT2D eigenvalue weighted by Gasteiger charge is -2.43. The SMILES string of the molecule is CNc1ccc([C@@H]2CN3CCNC(=O)[C@@H]3c3ccccc32)cc1. The van der Waals surface area contributed by atoms with Crippen molar-refractivity contribution in [2.45, 2.75) is 12.0 Å². The van der Waals surface area contributed by atoms with Crippen molar-refractivity contribution in [3.63, 3.8) is 0 Å². The summed E-state index contributed by atoms with van der Waals surface area (Å²) in [4.78, 5) is 14.7. The number of rotatable bonds is 2. The molecule has 2 aliphatic heterocycles. The van der Waals surface area contributed by atoms with Crippen molar-refractivity contribution in [2.75, 3.05) is 32.0 Å². The van der Waals surface area contributed by atoms with E-state index in [2.05, 4.69) is 58.0 Å². The molecule has 2 aromatic carbocycles. The first-order valence-electron chi connectivity index (χ1n) is 8.16. The van der Waals surface area contributed by atoms with Gasteiger partial charge in [-0.3, -0.25) is 9.69 Å². The van der Waals surface area contributed by atoms with Crippen LogP contribution in [0.2, 0.25) is 0 Å². The number of hydrogen-bond acceptors (Lipinski definition) is 3. The van der Waals surface area contributed by atoms with Crippen LogP contribution in [0.1, 0.15) is 28.7 Å². The Labute approximate surface area is 136 Å². The highest BCUT2D eigenvalue weighted by atomic mass is 16.2. The lowest BCUT2D eigenvalue weighted by atomic mass is 9.80. The second kappa shape index (κ2) is 5.70. The Morgan fingerprint density at radius 3 is 2.57 bits per heavy atom. The van der Waals surface area contributed by atoms with Crippen molar-refractivity contribution in [3.8, 4) is 0 Å². The summed E-state index contributed by atoms with van der Waals surface area (Å²) >= 11 is 0. The Hall–Kier alpha value is -2.33. The van der Waals surface area contributed by atoms with Crippen LogP contribution in [-0.4, -0.2) is 37.5 Å². The number of piperazine rings is 1. The highest BCUT2D eigenvalue weighted by molar-refractivity contribution is 5.85. The van der Waals surface area contributed by atoms with Gasteiger partial charge in [0.15, 0.2) is 0 Å². The molecule has 0 unspecified atom stereocenters. The Bertz CT molecular complexity index is 726. The van der Waals surface area contributed by atoms with Gasteiger partial charge in [0.05, 0.1) is 0 Å². The summed E-state index contributed by atoms with van der Waals surface area (Å²) in [7, 11) is 1.93. The summed E-state index contributed by atoms with van der Waals surface area (Å²) < 4.78 is 0. The molecule has 1 amide bonds. The van der Waals surface area contributed by atoms with E-state index >= 15 is 0 Å². The van der Waals surface area contributed by atoms with E-state index in [4.69, 9.17) is 0 Å². The van der Waals surface area contributed by atoms with Crippen LogP contribution in [-0.2, 0) is 4.79 Å². The zero-order chi connectivity index (χ0) is 15.8. The molecule has 2 aliphatic rings. The Morgan fingerprint density at radius 2 is 1.83 bits per heavy atom. The second-order valence-corrected chi connectivity index (χ2v) is 6.24. The zero-order valence-electron chi connectivity index (χ0n) is 13.3. The monoisotopic (exact) mass is 307 g/mol. The number of hydrogen-bond donors (Lipinski definition) is 2. The molecule has 0 spiro atoms. The second-order valence-electron chi connectivity index (χ2n) is 6.24. The lowest BCUT2D eigenvalue weighted by molar-refractivity contribution is -0.129. The van der Waals surface area contributed by atoms with Gasteiger partial charge in [-0.05, 0) is 28.8 Å².